The fourth-order valence-electron chi connectivity index (χ4n) is 3.73. The number of rotatable bonds is 3. The second-order valence-electron chi connectivity index (χ2n) is 6.71. The van der Waals surface area contributed by atoms with Crippen LogP contribution in [-0.2, 0) is 7.05 Å². The molecule has 0 saturated carbocycles. The molecule has 0 fully saturated rings. The normalized spacial score (nSPS) is 23.9. The Morgan fingerprint density at radius 1 is 1.09 bits per heavy atom. The summed E-state index contributed by atoms with van der Waals surface area (Å²) in [6.07, 6.45) is 8.50. The molecule has 1 aromatic carbocycles. The predicted octanol–water partition coefficient (Wildman–Crippen LogP) is 4.42. The Bertz CT molecular complexity index is 812. The number of para-hydroxylation sites is 1. The van der Waals surface area contributed by atoms with Crippen LogP contribution in [0, 0.1) is 5.92 Å². The Morgan fingerprint density at radius 2 is 1.87 bits per heavy atom. The summed E-state index contributed by atoms with van der Waals surface area (Å²) in [6.45, 7) is 4.51. The van der Waals surface area contributed by atoms with Crippen LogP contribution in [-0.4, -0.2) is 21.7 Å². The molecule has 0 N–H and O–H groups in total. The lowest BCUT2D eigenvalue weighted by Crippen LogP contribution is -2.38. The molecule has 1 aromatic heterocycles. The topological polar surface area (TPSA) is 32.9 Å². The van der Waals surface area contributed by atoms with E-state index in [9.17, 15) is 0 Å². The largest absolute Gasteiger partial charge is 0.346 e. The molecule has 3 unspecified atom stereocenters. The van der Waals surface area contributed by atoms with Gasteiger partial charge in [0.2, 0.25) is 0 Å². The van der Waals surface area contributed by atoms with Crippen LogP contribution in [0.25, 0.3) is 10.9 Å². The van der Waals surface area contributed by atoms with Crippen LogP contribution in [0.15, 0.2) is 65.0 Å². The molecular weight excluding hydrogens is 284 g/mol. The number of hydrogen-bond donors (Lipinski definition) is 0. The fourth-order valence-corrected chi connectivity index (χ4v) is 3.73. The summed E-state index contributed by atoms with van der Waals surface area (Å²) >= 11 is 0. The zero-order chi connectivity index (χ0) is 16.0. The zero-order valence-electron chi connectivity index (χ0n) is 13.8. The van der Waals surface area contributed by atoms with E-state index in [-0.39, 0.29) is 18.1 Å². The SMILES string of the molecule is CC(C)C(c1cc2ccccc2n1C)N1N=NC2C=CC=CC21. The van der Waals surface area contributed by atoms with Gasteiger partial charge in [0.1, 0.15) is 6.04 Å². The Kier molecular flexibility index (Phi) is 3.33. The third-order valence-electron chi connectivity index (χ3n) is 4.88. The van der Waals surface area contributed by atoms with Crippen LogP contribution in [0.5, 0.6) is 0 Å². The van der Waals surface area contributed by atoms with Crippen molar-refractivity contribution in [3.05, 3.63) is 60.3 Å². The minimum atomic E-state index is 0.149. The van der Waals surface area contributed by atoms with Crippen molar-refractivity contribution >= 4 is 10.9 Å². The third-order valence-corrected chi connectivity index (χ3v) is 4.88. The minimum Gasteiger partial charge on any atom is -0.346 e. The van der Waals surface area contributed by atoms with Crippen LogP contribution < -0.4 is 0 Å². The summed E-state index contributed by atoms with van der Waals surface area (Å²) in [7, 11) is 2.15. The number of allylic oxidation sites excluding steroid dienone is 2. The van der Waals surface area contributed by atoms with Crippen LogP contribution in [0.3, 0.4) is 0 Å². The van der Waals surface area contributed by atoms with Crippen molar-refractivity contribution in [3.63, 3.8) is 0 Å². The monoisotopic (exact) mass is 306 g/mol. The maximum absolute atomic E-state index is 4.53. The highest BCUT2D eigenvalue weighted by Crippen LogP contribution is 2.38. The molecule has 2 aliphatic rings. The molecule has 3 atom stereocenters. The number of aryl methyl sites for hydroxylation is 1. The number of benzene rings is 1. The van der Waals surface area contributed by atoms with E-state index < -0.39 is 0 Å². The number of aromatic nitrogens is 1. The van der Waals surface area contributed by atoms with Crippen LogP contribution in [0.4, 0.5) is 0 Å². The molecule has 0 spiro atoms. The molecule has 4 rings (SSSR count). The lowest BCUT2D eigenvalue weighted by atomic mass is 9.95. The van der Waals surface area contributed by atoms with Gasteiger partial charge in [0, 0.05) is 18.3 Å². The molecule has 2 heterocycles. The standard InChI is InChI=1S/C19H22N4/c1-13(2)19(23-17-11-7-5-9-15(17)20-21-23)18-12-14-8-4-6-10-16(14)22(18)3/h4-13,15,17,19H,1-3H3. The van der Waals surface area contributed by atoms with E-state index in [1.165, 1.54) is 16.6 Å². The Morgan fingerprint density at radius 3 is 2.65 bits per heavy atom. The number of fused-ring (bicyclic) bond motifs is 2. The van der Waals surface area contributed by atoms with Crippen molar-refractivity contribution < 1.29 is 0 Å². The highest BCUT2D eigenvalue weighted by atomic mass is 15.6. The minimum absolute atomic E-state index is 0.149. The average Bonchev–Trinajstić information content (AvgIpc) is 3.11. The van der Waals surface area contributed by atoms with Crippen molar-refractivity contribution in [2.24, 2.45) is 23.3 Å². The first-order chi connectivity index (χ1) is 11.2. The zero-order valence-corrected chi connectivity index (χ0v) is 13.8. The smallest absolute Gasteiger partial charge is 0.117 e. The van der Waals surface area contributed by atoms with Gasteiger partial charge in [-0.25, -0.2) is 0 Å². The first kappa shape index (κ1) is 14.2. The molecule has 1 aliphatic carbocycles. The Labute approximate surface area is 136 Å². The molecule has 0 amide bonds. The molecule has 23 heavy (non-hydrogen) atoms. The first-order valence-electron chi connectivity index (χ1n) is 8.25. The second kappa shape index (κ2) is 5.37. The van der Waals surface area contributed by atoms with Gasteiger partial charge in [-0.2, -0.15) is 5.11 Å². The van der Waals surface area contributed by atoms with Crippen molar-refractivity contribution in [1.82, 2.24) is 9.58 Å². The summed E-state index contributed by atoms with van der Waals surface area (Å²) < 4.78 is 2.30. The highest BCUT2D eigenvalue weighted by molar-refractivity contribution is 5.81. The molecule has 0 saturated heterocycles. The number of nitrogens with zero attached hydrogens (tertiary/aromatic N) is 4. The molecule has 0 bridgehead atoms. The van der Waals surface area contributed by atoms with Gasteiger partial charge in [-0.3, -0.25) is 5.01 Å². The van der Waals surface area contributed by atoms with Gasteiger partial charge in [-0.05, 0) is 23.4 Å². The van der Waals surface area contributed by atoms with Crippen LogP contribution >= 0.6 is 0 Å². The summed E-state index contributed by atoms with van der Waals surface area (Å²) in [5.74, 6) is 0.440. The lowest BCUT2D eigenvalue weighted by molar-refractivity contribution is 0.137. The van der Waals surface area contributed by atoms with Crippen LogP contribution in [0.1, 0.15) is 25.6 Å². The van der Waals surface area contributed by atoms with Gasteiger partial charge in [0.05, 0.1) is 12.1 Å². The van der Waals surface area contributed by atoms with Gasteiger partial charge in [-0.15, -0.1) is 0 Å². The molecular formula is C19H22N4. The molecule has 2 aromatic rings. The van der Waals surface area contributed by atoms with Gasteiger partial charge in [0.25, 0.3) is 0 Å². The average molecular weight is 306 g/mol. The maximum atomic E-state index is 4.53. The van der Waals surface area contributed by atoms with Crippen molar-refractivity contribution in [3.8, 4) is 0 Å². The van der Waals surface area contributed by atoms with E-state index in [2.05, 4.69) is 95.4 Å². The highest BCUT2D eigenvalue weighted by Gasteiger charge is 2.37. The molecule has 1 aliphatic heterocycles. The Hall–Kier alpha value is -2.36. The predicted molar refractivity (Wildman–Crippen MR) is 93.0 cm³/mol. The summed E-state index contributed by atoms with van der Waals surface area (Å²) in [6, 6.07) is 11.4. The molecule has 4 nitrogen and oxygen atoms in total. The van der Waals surface area contributed by atoms with Crippen molar-refractivity contribution in [1.29, 1.82) is 0 Å². The van der Waals surface area contributed by atoms with E-state index in [4.69, 9.17) is 0 Å². The lowest BCUT2D eigenvalue weighted by Gasteiger charge is -2.34. The van der Waals surface area contributed by atoms with E-state index in [0.717, 1.165) is 0 Å². The summed E-state index contributed by atoms with van der Waals surface area (Å²) in [5, 5.41) is 12.5. The van der Waals surface area contributed by atoms with Gasteiger partial charge in [0.15, 0.2) is 0 Å². The first-order valence-corrected chi connectivity index (χ1v) is 8.25. The van der Waals surface area contributed by atoms with Gasteiger partial charge in [-0.1, -0.05) is 61.6 Å². The Balaban J connectivity index is 1.79. The maximum Gasteiger partial charge on any atom is 0.117 e. The summed E-state index contributed by atoms with van der Waals surface area (Å²) in [4.78, 5) is 0. The van der Waals surface area contributed by atoms with E-state index in [1.807, 2.05) is 0 Å². The second-order valence-corrected chi connectivity index (χ2v) is 6.71. The number of hydrogen-bond acceptors (Lipinski definition) is 3. The molecule has 0 radical (unpaired) electrons. The van der Waals surface area contributed by atoms with Crippen LogP contribution in [0.2, 0.25) is 0 Å². The molecule has 118 valence electrons. The quantitative estimate of drug-likeness (QED) is 0.826. The third kappa shape index (κ3) is 2.21. The van der Waals surface area contributed by atoms with Crippen molar-refractivity contribution in [2.75, 3.05) is 0 Å². The summed E-state index contributed by atoms with van der Waals surface area (Å²) in [5.41, 5.74) is 2.56. The fraction of sp³-hybridized carbons (Fsp3) is 0.368. The molecule has 4 heteroatoms. The van der Waals surface area contributed by atoms with E-state index >= 15 is 0 Å². The van der Waals surface area contributed by atoms with E-state index in [1.54, 1.807) is 0 Å². The van der Waals surface area contributed by atoms with E-state index in [0.29, 0.717) is 5.92 Å². The van der Waals surface area contributed by atoms with Crippen molar-refractivity contribution in [2.45, 2.75) is 32.0 Å². The van der Waals surface area contributed by atoms with Gasteiger partial charge >= 0.3 is 0 Å². The van der Waals surface area contributed by atoms with Gasteiger partial charge < -0.3 is 4.57 Å².